The Hall–Kier alpha value is -1.28. The minimum Gasteiger partial charge on any atom is -0.347 e. The predicted molar refractivity (Wildman–Crippen MR) is 88.3 cm³/mol. The zero-order valence-corrected chi connectivity index (χ0v) is 13.4. The lowest BCUT2D eigenvalue weighted by Crippen LogP contribution is -2.10. The van der Waals surface area contributed by atoms with Gasteiger partial charge in [-0.05, 0) is 54.5 Å². The van der Waals surface area contributed by atoms with E-state index in [4.69, 9.17) is 5.73 Å². The summed E-state index contributed by atoms with van der Waals surface area (Å²) in [7, 11) is 0. The van der Waals surface area contributed by atoms with Crippen LogP contribution in [0.5, 0.6) is 0 Å². The van der Waals surface area contributed by atoms with E-state index in [1.807, 2.05) is 0 Å². The smallest absolute Gasteiger partial charge is 0.0483 e. The van der Waals surface area contributed by atoms with E-state index in [2.05, 4.69) is 56.7 Å². The predicted octanol–water partition coefficient (Wildman–Crippen LogP) is 4.24. The molecule has 20 heavy (non-hydrogen) atoms. The number of aromatic nitrogens is 1. The van der Waals surface area contributed by atoms with Crippen molar-refractivity contribution in [1.29, 1.82) is 0 Å². The molecule has 0 aliphatic carbocycles. The summed E-state index contributed by atoms with van der Waals surface area (Å²) >= 11 is 0. The van der Waals surface area contributed by atoms with Crippen molar-refractivity contribution in [3.63, 3.8) is 0 Å². The van der Waals surface area contributed by atoms with Gasteiger partial charge in [-0.2, -0.15) is 0 Å². The molecule has 0 saturated heterocycles. The van der Waals surface area contributed by atoms with Gasteiger partial charge in [0.1, 0.15) is 0 Å². The van der Waals surface area contributed by atoms with Gasteiger partial charge >= 0.3 is 0 Å². The second-order valence-electron chi connectivity index (χ2n) is 6.72. The third kappa shape index (κ3) is 3.06. The number of fused-ring (bicyclic) bond motifs is 1. The molecule has 110 valence electrons. The summed E-state index contributed by atoms with van der Waals surface area (Å²) in [6, 6.07) is 6.95. The van der Waals surface area contributed by atoms with E-state index in [9.17, 15) is 0 Å². The third-order valence-electron chi connectivity index (χ3n) is 3.94. The van der Waals surface area contributed by atoms with E-state index in [0.29, 0.717) is 0 Å². The Bertz CT molecular complexity index is 573. The molecule has 0 atom stereocenters. The van der Waals surface area contributed by atoms with Gasteiger partial charge in [-0.1, -0.05) is 33.8 Å². The first-order chi connectivity index (χ1) is 9.47. The van der Waals surface area contributed by atoms with E-state index >= 15 is 0 Å². The fourth-order valence-corrected chi connectivity index (χ4v) is 2.76. The van der Waals surface area contributed by atoms with Gasteiger partial charge in [0.2, 0.25) is 0 Å². The van der Waals surface area contributed by atoms with E-state index < -0.39 is 0 Å². The molecule has 2 N–H and O–H groups in total. The molecule has 2 aromatic rings. The number of rotatable bonds is 5. The molecule has 0 spiro atoms. The summed E-state index contributed by atoms with van der Waals surface area (Å²) in [4.78, 5) is 0. The minimum absolute atomic E-state index is 0.201. The molecule has 0 radical (unpaired) electrons. The van der Waals surface area contributed by atoms with Crippen molar-refractivity contribution in [2.24, 2.45) is 5.73 Å². The van der Waals surface area contributed by atoms with E-state index in [1.165, 1.54) is 28.5 Å². The maximum absolute atomic E-state index is 5.68. The topological polar surface area (TPSA) is 30.9 Å². The van der Waals surface area contributed by atoms with Gasteiger partial charge in [0.05, 0.1) is 0 Å². The molecule has 0 aliphatic rings. The monoisotopic (exact) mass is 272 g/mol. The van der Waals surface area contributed by atoms with Crippen LogP contribution in [0.25, 0.3) is 10.9 Å². The maximum Gasteiger partial charge on any atom is 0.0483 e. The second-order valence-corrected chi connectivity index (χ2v) is 6.72. The van der Waals surface area contributed by atoms with E-state index in [-0.39, 0.29) is 5.41 Å². The largest absolute Gasteiger partial charge is 0.347 e. The molecule has 1 aromatic carbocycles. The first-order valence-electron chi connectivity index (χ1n) is 7.79. The summed E-state index contributed by atoms with van der Waals surface area (Å²) in [6.45, 7) is 10.9. The van der Waals surface area contributed by atoms with Crippen LogP contribution < -0.4 is 5.73 Å². The molecule has 0 fully saturated rings. The lowest BCUT2D eigenvalue weighted by Gasteiger charge is -2.19. The van der Waals surface area contributed by atoms with Crippen molar-refractivity contribution in [3.05, 3.63) is 35.5 Å². The first-order valence-corrected chi connectivity index (χ1v) is 7.79. The highest BCUT2D eigenvalue weighted by Gasteiger charge is 2.16. The quantitative estimate of drug-likeness (QED) is 0.867. The van der Waals surface area contributed by atoms with Crippen LogP contribution in [-0.4, -0.2) is 11.1 Å². The summed E-state index contributed by atoms with van der Waals surface area (Å²) in [5.74, 6) is 0. The molecule has 2 rings (SSSR count). The van der Waals surface area contributed by atoms with Gasteiger partial charge in [-0.3, -0.25) is 0 Å². The van der Waals surface area contributed by atoms with Crippen LogP contribution >= 0.6 is 0 Å². The van der Waals surface area contributed by atoms with Crippen molar-refractivity contribution in [3.8, 4) is 0 Å². The average molecular weight is 272 g/mol. The fraction of sp³-hybridized carbons (Fsp3) is 0.556. The number of nitrogens with two attached hydrogens (primary N) is 1. The highest BCUT2D eigenvalue weighted by molar-refractivity contribution is 5.85. The molecule has 0 saturated carbocycles. The van der Waals surface area contributed by atoms with Crippen LogP contribution in [-0.2, 0) is 18.4 Å². The molecular weight excluding hydrogens is 244 g/mol. The summed E-state index contributed by atoms with van der Waals surface area (Å²) in [5, 5.41) is 1.42. The SMILES string of the molecule is CCCn1cc(CCCN)c2cc(C(C)(C)C)ccc21. The van der Waals surface area contributed by atoms with Gasteiger partial charge in [-0.15, -0.1) is 0 Å². The standard InChI is InChI=1S/C18H28N2/c1-5-11-20-13-14(7-6-10-19)16-12-15(18(2,3)4)8-9-17(16)20/h8-9,12-13H,5-7,10-11,19H2,1-4H3. The molecule has 0 bridgehead atoms. The van der Waals surface area contributed by atoms with Crippen LogP contribution in [0.3, 0.4) is 0 Å². The van der Waals surface area contributed by atoms with Crippen molar-refractivity contribution in [2.45, 2.75) is 58.9 Å². The van der Waals surface area contributed by atoms with E-state index in [1.54, 1.807) is 0 Å². The van der Waals surface area contributed by atoms with Crippen molar-refractivity contribution in [2.75, 3.05) is 6.54 Å². The van der Waals surface area contributed by atoms with Gasteiger partial charge in [0.25, 0.3) is 0 Å². The van der Waals surface area contributed by atoms with Crippen LogP contribution in [0.15, 0.2) is 24.4 Å². The van der Waals surface area contributed by atoms with Crippen molar-refractivity contribution in [1.82, 2.24) is 4.57 Å². The summed E-state index contributed by atoms with van der Waals surface area (Å²) in [5.41, 5.74) is 10.1. The van der Waals surface area contributed by atoms with Crippen LogP contribution in [0.1, 0.15) is 51.7 Å². The molecule has 2 heteroatoms. The van der Waals surface area contributed by atoms with Crippen LogP contribution in [0, 0.1) is 0 Å². The Balaban J connectivity index is 2.52. The summed E-state index contributed by atoms with van der Waals surface area (Å²) < 4.78 is 2.40. The number of aryl methyl sites for hydroxylation is 2. The molecule has 1 heterocycles. The number of benzene rings is 1. The molecule has 0 amide bonds. The zero-order valence-electron chi connectivity index (χ0n) is 13.4. The Morgan fingerprint density at radius 1 is 1.20 bits per heavy atom. The average Bonchev–Trinajstić information content (AvgIpc) is 2.74. The lowest BCUT2D eigenvalue weighted by atomic mass is 9.86. The fourth-order valence-electron chi connectivity index (χ4n) is 2.76. The number of hydrogen-bond donors (Lipinski definition) is 1. The highest BCUT2D eigenvalue weighted by atomic mass is 15.0. The Morgan fingerprint density at radius 2 is 1.95 bits per heavy atom. The highest BCUT2D eigenvalue weighted by Crippen LogP contribution is 2.29. The maximum atomic E-state index is 5.68. The number of hydrogen-bond acceptors (Lipinski definition) is 1. The van der Waals surface area contributed by atoms with Gasteiger partial charge < -0.3 is 10.3 Å². The molecular formula is C18H28N2. The van der Waals surface area contributed by atoms with Crippen LogP contribution in [0.4, 0.5) is 0 Å². The first kappa shape index (κ1) is 15.1. The second kappa shape index (κ2) is 6.01. The third-order valence-corrected chi connectivity index (χ3v) is 3.94. The van der Waals surface area contributed by atoms with Crippen molar-refractivity contribution >= 4 is 10.9 Å². The minimum atomic E-state index is 0.201. The van der Waals surface area contributed by atoms with Crippen molar-refractivity contribution < 1.29 is 0 Å². The van der Waals surface area contributed by atoms with Gasteiger partial charge in [-0.25, -0.2) is 0 Å². The molecule has 0 aliphatic heterocycles. The Kier molecular flexibility index (Phi) is 4.54. The van der Waals surface area contributed by atoms with Crippen LogP contribution in [0.2, 0.25) is 0 Å². The van der Waals surface area contributed by atoms with Gasteiger partial charge in [0.15, 0.2) is 0 Å². The molecule has 1 aromatic heterocycles. The Labute approximate surface area is 123 Å². The molecule has 0 unspecified atom stereocenters. The number of nitrogens with zero attached hydrogens (tertiary/aromatic N) is 1. The zero-order chi connectivity index (χ0) is 14.8. The summed E-state index contributed by atoms with van der Waals surface area (Å²) in [6.07, 6.45) is 5.64. The lowest BCUT2D eigenvalue weighted by molar-refractivity contribution is 0.591. The van der Waals surface area contributed by atoms with Gasteiger partial charge in [0, 0.05) is 23.6 Å². The Morgan fingerprint density at radius 3 is 2.55 bits per heavy atom. The normalized spacial score (nSPS) is 12.2. The molecule has 2 nitrogen and oxygen atoms in total. The van der Waals surface area contributed by atoms with E-state index in [0.717, 1.165) is 25.9 Å².